The quantitative estimate of drug-likeness (QED) is 0.843. The largest absolute Gasteiger partial charge is 0.508 e. The molecule has 3 nitrogen and oxygen atoms in total. The minimum atomic E-state index is -0.372. The van der Waals surface area contributed by atoms with Crippen LogP contribution in [0.5, 0.6) is 11.5 Å². The molecule has 0 heterocycles. The summed E-state index contributed by atoms with van der Waals surface area (Å²) < 4.78 is 18.8. The molecule has 0 aliphatic rings. The van der Waals surface area contributed by atoms with Gasteiger partial charge in [-0.3, -0.25) is 0 Å². The van der Waals surface area contributed by atoms with Gasteiger partial charge in [-0.1, -0.05) is 24.0 Å². The number of nitrogens with two attached hydrogens (primary N) is 1. The number of phenols is 1. The average Bonchev–Trinajstić information content (AvgIpc) is 2.46. The summed E-state index contributed by atoms with van der Waals surface area (Å²) in [4.78, 5) is 0. The Kier molecular flexibility index (Phi) is 4.59. The molecular weight excluding hydrogens is 257 g/mol. The highest BCUT2D eigenvalue weighted by Crippen LogP contribution is 2.20. The zero-order chi connectivity index (χ0) is 14.4. The first-order chi connectivity index (χ1) is 9.69. The minimum absolute atomic E-state index is 0.199. The molecule has 0 saturated carbocycles. The van der Waals surface area contributed by atoms with Crippen molar-refractivity contribution in [2.75, 3.05) is 6.54 Å². The van der Waals surface area contributed by atoms with Gasteiger partial charge in [-0.15, -0.1) is 0 Å². The van der Waals surface area contributed by atoms with Crippen LogP contribution in [0.4, 0.5) is 4.39 Å². The smallest absolute Gasteiger partial charge is 0.135 e. The molecule has 3 N–H and O–H groups in total. The maximum Gasteiger partial charge on any atom is 0.135 e. The number of rotatable bonds is 3. The predicted octanol–water partition coefficient (Wildman–Crippen LogP) is 2.42. The van der Waals surface area contributed by atoms with Crippen LogP contribution in [0, 0.1) is 17.7 Å². The number of hydrogen-bond donors (Lipinski definition) is 2. The van der Waals surface area contributed by atoms with Crippen molar-refractivity contribution < 1.29 is 14.2 Å². The molecular formula is C16H14FNO2. The summed E-state index contributed by atoms with van der Waals surface area (Å²) in [6.07, 6.45) is 0. The summed E-state index contributed by atoms with van der Waals surface area (Å²) in [5.74, 6) is 5.78. The lowest BCUT2D eigenvalue weighted by Crippen LogP contribution is -1.98. The van der Waals surface area contributed by atoms with Crippen LogP contribution in [0.1, 0.15) is 11.1 Å². The molecule has 0 spiro atoms. The Labute approximate surface area is 116 Å². The minimum Gasteiger partial charge on any atom is -0.508 e. The number of phenolic OH excluding ortho intramolecular Hbond substituents is 1. The number of ether oxygens (including phenoxy) is 1. The molecule has 0 aromatic heterocycles. The molecule has 0 atom stereocenters. The zero-order valence-corrected chi connectivity index (χ0v) is 10.8. The van der Waals surface area contributed by atoms with E-state index in [0.717, 1.165) is 5.56 Å². The molecule has 4 heteroatoms. The van der Waals surface area contributed by atoms with Gasteiger partial charge in [0.25, 0.3) is 0 Å². The van der Waals surface area contributed by atoms with Crippen LogP contribution in [0.2, 0.25) is 0 Å². The number of aromatic hydroxyl groups is 1. The van der Waals surface area contributed by atoms with Crippen molar-refractivity contribution in [1.29, 1.82) is 0 Å². The maximum atomic E-state index is 13.2. The van der Waals surface area contributed by atoms with Crippen molar-refractivity contribution in [3.05, 3.63) is 59.4 Å². The highest BCUT2D eigenvalue weighted by Gasteiger charge is 2.04. The van der Waals surface area contributed by atoms with Gasteiger partial charge in [0.15, 0.2) is 0 Å². The molecule has 0 bridgehead atoms. The molecule has 0 aliphatic carbocycles. The first kappa shape index (κ1) is 13.9. The van der Waals surface area contributed by atoms with E-state index in [0.29, 0.717) is 17.9 Å². The normalized spacial score (nSPS) is 9.70. The first-order valence-corrected chi connectivity index (χ1v) is 6.08. The highest BCUT2D eigenvalue weighted by molar-refractivity contribution is 5.46. The summed E-state index contributed by atoms with van der Waals surface area (Å²) in [5, 5.41) is 9.20. The molecule has 102 valence electrons. The standard InChI is InChI=1S/C16H14FNO2/c17-14-5-8-16(13(10-14)2-1-9-18)20-11-12-3-6-15(19)7-4-12/h3-8,10,19H,9,11,18H2. The van der Waals surface area contributed by atoms with Crippen molar-refractivity contribution in [3.8, 4) is 23.3 Å². The Morgan fingerprint density at radius 3 is 2.60 bits per heavy atom. The fourth-order valence-electron chi connectivity index (χ4n) is 1.63. The third-order valence-corrected chi connectivity index (χ3v) is 2.60. The molecule has 2 aromatic carbocycles. The van der Waals surface area contributed by atoms with E-state index in [2.05, 4.69) is 11.8 Å². The molecule has 0 aliphatic heterocycles. The average molecular weight is 271 g/mol. The molecule has 0 saturated heterocycles. The van der Waals surface area contributed by atoms with Crippen LogP contribution in [-0.4, -0.2) is 11.7 Å². The second-order valence-corrected chi connectivity index (χ2v) is 4.10. The first-order valence-electron chi connectivity index (χ1n) is 6.08. The van der Waals surface area contributed by atoms with Crippen LogP contribution in [0.25, 0.3) is 0 Å². The van der Waals surface area contributed by atoms with Gasteiger partial charge in [-0.05, 0) is 35.9 Å². The van der Waals surface area contributed by atoms with Gasteiger partial charge in [0.2, 0.25) is 0 Å². The summed E-state index contributed by atoms with van der Waals surface area (Å²) in [5.41, 5.74) is 6.67. The zero-order valence-electron chi connectivity index (χ0n) is 10.8. The van der Waals surface area contributed by atoms with Gasteiger partial charge in [0.05, 0.1) is 12.1 Å². The van der Waals surface area contributed by atoms with Crippen LogP contribution in [0.15, 0.2) is 42.5 Å². The molecule has 0 amide bonds. The van der Waals surface area contributed by atoms with Crippen LogP contribution >= 0.6 is 0 Å². The SMILES string of the molecule is NCC#Cc1cc(F)ccc1OCc1ccc(O)cc1. The molecule has 0 unspecified atom stereocenters. The monoisotopic (exact) mass is 271 g/mol. The highest BCUT2D eigenvalue weighted by atomic mass is 19.1. The van der Waals surface area contributed by atoms with Gasteiger partial charge in [0, 0.05) is 0 Å². The van der Waals surface area contributed by atoms with Gasteiger partial charge >= 0.3 is 0 Å². The van der Waals surface area contributed by atoms with Gasteiger partial charge in [-0.2, -0.15) is 0 Å². The van der Waals surface area contributed by atoms with Crippen LogP contribution in [0.3, 0.4) is 0 Å². The van der Waals surface area contributed by atoms with E-state index < -0.39 is 0 Å². The lowest BCUT2D eigenvalue weighted by atomic mass is 10.2. The van der Waals surface area contributed by atoms with Crippen molar-refractivity contribution in [1.82, 2.24) is 0 Å². The topological polar surface area (TPSA) is 55.5 Å². The van der Waals surface area contributed by atoms with Crippen LogP contribution in [-0.2, 0) is 6.61 Å². The molecule has 0 radical (unpaired) electrons. The third-order valence-electron chi connectivity index (χ3n) is 2.60. The lowest BCUT2D eigenvalue weighted by Gasteiger charge is -2.08. The van der Waals surface area contributed by atoms with Crippen molar-refractivity contribution in [3.63, 3.8) is 0 Å². The Balaban J connectivity index is 2.14. The van der Waals surface area contributed by atoms with E-state index in [4.69, 9.17) is 10.5 Å². The van der Waals surface area contributed by atoms with Crippen LogP contribution < -0.4 is 10.5 Å². The van der Waals surface area contributed by atoms with E-state index in [1.54, 1.807) is 24.3 Å². The Bertz CT molecular complexity index is 642. The summed E-state index contributed by atoms with van der Waals surface area (Å²) in [7, 11) is 0. The van der Waals surface area contributed by atoms with Gasteiger partial charge in [-0.25, -0.2) is 4.39 Å². The fraction of sp³-hybridized carbons (Fsp3) is 0.125. The van der Waals surface area contributed by atoms with Crippen molar-refractivity contribution in [2.24, 2.45) is 5.73 Å². The van der Waals surface area contributed by atoms with E-state index in [1.165, 1.54) is 18.2 Å². The van der Waals surface area contributed by atoms with Crippen molar-refractivity contribution in [2.45, 2.75) is 6.61 Å². The van der Waals surface area contributed by atoms with Gasteiger partial charge < -0.3 is 15.6 Å². The molecule has 2 aromatic rings. The summed E-state index contributed by atoms with van der Waals surface area (Å²) >= 11 is 0. The van der Waals surface area contributed by atoms with E-state index in [1.807, 2.05) is 0 Å². The summed E-state index contributed by atoms with van der Waals surface area (Å²) in [6, 6.07) is 10.8. The maximum absolute atomic E-state index is 13.2. The Morgan fingerprint density at radius 2 is 1.90 bits per heavy atom. The Hall–Kier alpha value is -2.51. The van der Waals surface area contributed by atoms with Gasteiger partial charge in [0.1, 0.15) is 23.9 Å². The second-order valence-electron chi connectivity index (χ2n) is 4.10. The second kappa shape index (κ2) is 6.60. The predicted molar refractivity (Wildman–Crippen MR) is 74.8 cm³/mol. The van der Waals surface area contributed by atoms with E-state index >= 15 is 0 Å². The Morgan fingerprint density at radius 1 is 1.15 bits per heavy atom. The lowest BCUT2D eigenvalue weighted by molar-refractivity contribution is 0.304. The number of benzene rings is 2. The molecule has 2 rings (SSSR count). The van der Waals surface area contributed by atoms with E-state index in [-0.39, 0.29) is 18.1 Å². The number of halogens is 1. The van der Waals surface area contributed by atoms with Crippen molar-refractivity contribution >= 4 is 0 Å². The summed E-state index contributed by atoms with van der Waals surface area (Å²) in [6.45, 7) is 0.511. The fourth-order valence-corrected chi connectivity index (χ4v) is 1.63. The van der Waals surface area contributed by atoms with E-state index in [9.17, 15) is 9.50 Å². The third kappa shape index (κ3) is 3.74. The molecule has 0 fully saturated rings. The number of hydrogen-bond acceptors (Lipinski definition) is 3. The molecule has 20 heavy (non-hydrogen) atoms.